The first-order valence-corrected chi connectivity index (χ1v) is 12.6. The minimum absolute atomic E-state index is 0.00844. The summed E-state index contributed by atoms with van der Waals surface area (Å²) in [6.45, 7) is 1.91. The van der Waals surface area contributed by atoms with Gasteiger partial charge in [0.05, 0.1) is 17.7 Å². The van der Waals surface area contributed by atoms with Crippen molar-refractivity contribution in [2.75, 3.05) is 0 Å². The predicted molar refractivity (Wildman–Crippen MR) is 142 cm³/mol. The van der Waals surface area contributed by atoms with Gasteiger partial charge in [0, 0.05) is 0 Å². The summed E-state index contributed by atoms with van der Waals surface area (Å²) in [5.74, 6) is -1.27. The molecule has 1 amide bonds. The molecular weight excluding hydrogens is 518 g/mol. The van der Waals surface area contributed by atoms with Crippen molar-refractivity contribution in [3.8, 4) is 17.2 Å². The van der Waals surface area contributed by atoms with Crippen LogP contribution < -0.4 is 5.32 Å². The average Bonchev–Trinajstić information content (AvgIpc) is 3.33. The number of aryl methyl sites for hydroxylation is 1. The maximum Gasteiger partial charge on any atom is 0.307 e. The van der Waals surface area contributed by atoms with Crippen LogP contribution in [0.25, 0.3) is 17.2 Å². The number of halogens is 1. The third-order valence-electron chi connectivity index (χ3n) is 6.67. The van der Waals surface area contributed by atoms with Crippen LogP contribution in [0, 0.1) is 18.3 Å². The number of rotatable bonds is 7. The monoisotopic (exact) mass is 543 g/mol. The number of pyridine rings is 1. The van der Waals surface area contributed by atoms with Crippen LogP contribution in [0.5, 0.6) is 0 Å². The Morgan fingerprint density at radius 3 is 2.44 bits per heavy atom. The van der Waals surface area contributed by atoms with Gasteiger partial charge in [0.25, 0.3) is 5.91 Å². The van der Waals surface area contributed by atoms with Crippen LogP contribution in [-0.2, 0) is 21.5 Å². The zero-order chi connectivity index (χ0) is 25.7. The van der Waals surface area contributed by atoms with E-state index in [1.807, 2.05) is 55.5 Å². The molecule has 0 atom stereocenters. The molecule has 0 unspecified atom stereocenters. The molecule has 0 bridgehead atoms. The van der Waals surface area contributed by atoms with Crippen molar-refractivity contribution < 1.29 is 14.7 Å². The van der Waals surface area contributed by atoms with Gasteiger partial charge in [-0.05, 0) is 81.7 Å². The number of nitrogens with zero attached hydrogens (tertiary/aromatic N) is 2. The first kappa shape index (κ1) is 25.3. The number of hydrogen-bond donors (Lipinski definition) is 2. The Kier molecular flexibility index (Phi) is 7.66. The highest BCUT2D eigenvalue weighted by Crippen LogP contribution is 2.39. The average molecular weight is 544 g/mol. The SMILES string of the molecule is Cc1ccc(-c2ccc(C3(NC(=O)/C(C#N)=C/c4cccc(Br)n4)CCCC3)cc2)cc1CC(=O)O. The topological polar surface area (TPSA) is 103 Å². The second-order valence-electron chi connectivity index (χ2n) is 9.09. The number of carbonyl (C=O) groups excluding carboxylic acids is 1. The molecule has 1 heterocycles. The van der Waals surface area contributed by atoms with Gasteiger partial charge < -0.3 is 10.4 Å². The van der Waals surface area contributed by atoms with Gasteiger partial charge in [-0.15, -0.1) is 0 Å². The van der Waals surface area contributed by atoms with E-state index in [0.717, 1.165) is 53.5 Å². The Morgan fingerprint density at radius 2 is 1.81 bits per heavy atom. The molecule has 4 rings (SSSR count). The molecule has 1 saturated carbocycles. The summed E-state index contributed by atoms with van der Waals surface area (Å²) in [4.78, 5) is 28.7. The highest BCUT2D eigenvalue weighted by Gasteiger charge is 2.37. The summed E-state index contributed by atoms with van der Waals surface area (Å²) >= 11 is 3.31. The van der Waals surface area contributed by atoms with Crippen molar-refractivity contribution in [2.45, 2.75) is 44.6 Å². The van der Waals surface area contributed by atoms with Crippen molar-refractivity contribution in [3.63, 3.8) is 0 Å². The van der Waals surface area contributed by atoms with Crippen LogP contribution in [0.15, 0.2) is 70.8 Å². The Labute approximate surface area is 218 Å². The van der Waals surface area contributed by atoms with Crippen LogP contribution >= 0.6 is 15.9 Å². The Bertz CT molecular complexity index is 1370. The number of benzene rings is 2. The molecule has 2 N–H and O–H groups in total. The van der Waals surface area contributed by atoms with Crippen molar-refractivity contribution >= 4 is 33.9 Å². The molecule has 0 saturated heterocycles. The number of carboxylic acid groups (broad SMARTS) is 1. The highest BCUT2D eigenvalue weighted by molar-refractivity contribution is 9.10. The van der Waals surface area contributed by atoms with Gasteiger partial charge in [0.1, 0.15) is 16.2 Å². The lowest BCUT2D eigenvalue weighted by molar-refractivity contribution is -0.136. The fraction of sp³-hybridized carbons (Fsp3) is 0.241. The molecule has 1 fully saturated rings. The predicted octanol–water partition coefficient (Wildman–Crippen LogP) is 5.94. The van der Waals surface area contributed by atoms with Crippen molar-refractivity contribution in [1.29, 1.82) is 5.26 Å². The van der Waals surface area contributed by atoms with E-state index >= 15 is 0 Å². The maximum atomic E-state index is 13.2. The van der Waals surface area contributed by atoms with Crippen LogP contribution in [0.4, 0.5) is 0 Å². The maximum absolute atomic E-state index is 13.2. The number of nitriles is 1. The number of carboxylic acids is 1. The standard InChI is InChI=1S/C29H26BrN3O3/c1-19-7-8-21(15-22(19)17-27(34)35)20-9-11-24(12-10-20)29(13-2-3-14-29)33-28(36)23(18-31)16-25-5-4-6-26(30)32-25/h4-12,15-16H,2-3,13-14,17H2,1H3,(H,33,36)(H,34,35)/b23-16+. The van der Waals surface area contributed by atoms with E-state index in [0.29, 0.717) is 10.3 Å². The molecule has 0 spiro atoms. The van der Waals surface area contributed by atoms with E-state index in [9.17, 15) is 20.0 Å². The molecule has 1 aliphatic carbocycles. The number of carbonyl (C=O) groups is 2. The minimum Gasteiger partial charge on any atom is -0.481 e. The Morgan fingerprint density at radius 1 is 1.11 bits per heavy atom. The minimum atomic E-state index is -0.856. The van der Waals surface area contributed by atoms with Crippen LogP contribution in [0.3, 0.4) is 0 Å². The van der Waals surface area contributed by atoms with Gasteiger partial charge in [-0.2, -0.15) is 5.26 Å². The molecule has 0 aliphatic heterocycles. The quantitative estimate of drug-likeness (QED) is 0.218. The number of nitrogens with one attached hydrogen (secondary N) is 1. The van der Waals surface area contributed by atoms with E-state index in [-0.39, 0.29) is 12.0 Å². The second-order valence-corrected chi connectivity index (χ2v) is 9.90. The second kappa shape index (κ2) is 10.9. The lowest BCUT2D eigenvalue weighted by Crippen LogP contribution is -2.44. The fourth-order valence-electron chi connectivity index (χ4n) is 4.74. The van der Waals surface area contributed by atoms with Gasteiger partial charge in [0.15, 0.2) is 0 Å². The lowest BCUT2D eigenvalue weighted by atomic mass is 9.86. The van der Waals surface area contributed by atoms with E-state index in [1.54, 1.807) is 18.2 Å². The smallest absolute Gasteiger partial charge is 0.307 e. The van der Waals surface area contributed by atoms with E-state index in [2.05, 4.69) is 26.2 Å². The van der Waals surface area contributed by atoms with Gasteiger partial charge in [0.2, 0.25) is 0 Å². The molecule has 0 radical (unpaired) electrons. The highest BCUT2D eigenvalue weighted by atomic mass is 79.9. The summed E-state index contributed by atoms with van der Waals surface area (Å²) < 4.78 is 0.630. The molecule has 1 aromatic heterocycles. The third kappa shape index (κ3) is 5.72. The van der Waals surface area contributed by atoms with Gasteiger partial charge in [-0.25, -0.2) is 4.98 Å². The van der Waals surface area contributed by atoms with Crippen molar-refractivity contribution in [2.24, 2.45) is 0 Å². The molecule has 2 aromatic carbocycles. The fourth-order valence-corrected chi connectivity index (χ4v) is 5.09. The van der Waals surface area contributed by atoms with E-state index in [4.69, 9.17) is 0 Å². The zero-order valence-corrected chi connectivity index (χ0v) is 21.5. The van der Waals surface area contributed by atoms with Crippen LogP contribution in [0.1, 0.15) is 48.1 Å². The number of aliphatic carboxylic acids is 1. The van der Waals surface area contributed by atoms with Crippen molar-refractivity contribution in [1.82, 2.24) is 10.3 Å². The molecule has 1 aliphatic rings. The number of hydrogen-bond acceptors (Lipinski definition) is 4. The lowest BCUT2D eigenvalue weighted by Gasteiger charge is -2.31. The summed E-state index contributed by atoms with van der Waals surface area (Å²) in [5, 5.41) is 22.0. The summed E-state index contributed by atoms with van der Waals surface area (Å²) in [7, 11) is 0. The summed E-state index contributed by atoms with van der Waals surface area (Å²) in [5.41, 5.74) is 4.65. The summed E-state index contributed by atoms with van der Waals surface area (Å²) in [6, 6.07) is 21.2. The summed E-state index contributed by atoms with van der Waals surface area (Å²) in [6.07, 6.45) is 5.03. The first-order valence-electron chi connectivity index (χ1n) is 11.8. The molecule has 3 aromatic rings. The van der Waals surface area contributed by atoms with Crippen LogP contribution in [-0.4, -0.2) is 22.0 Å². The largest absolute Gasteiger partial charge is 0.481 e. The Hall–Kier alpha value is -3.76. The zero-order valence-electron chi connectivity index (χ0n) is 19.9. The molecule has 182 valence electrons. The molecule has 6 nitrogen and oxygen atoms in total. The third-order valence-corrected chi connectivity index (χ3v) is 7.11. The molecule has 36 heavy (non-hydrogen) atoms. The number of amides is 1. The molecular formula is C29H26BrN3O3. The first-order chi connectivity index (χ1) is 17.3. The Balaban J connectivity index is 1.59. The number of aromatic nitrogens is 1. The van der Waals surface area contributed by atoms with Gasteiger partial charge in [-0.3, -0.25) is 9.59 Å². The molecule has 7 heteroatoms. The van der Waals surface area contributed by atoms with Crippen molar-refractivity contribution in [3.05, 3.63) is 93.2 Å². The van der Waals surface area contributed by atoms with E-state index < -0.39 is 17.4 Å². The van der Waals surface area contributed by atoms with Gasteiger partial charge >= 0.3 is 5.97 Å². The van der Waals surface area contributed by atoms with Crippen LogP contribution in [0.2, 0.25) is 0 Å². The normalized spacial score (nSPS) is 14.8. The van der Waals surface area contributed by atoms with E-state index in [1.165, 1.54) is 6.08 Å². The van der Waals surface area contributed by atoms with Gasteiger partial charge in [-0.1, -0.05) is 61.4 Å².